The van der Waals surface area contributed by atoms with Crippen molar-refractivity contribution in [3.8, 4) is 0 Å². The molecule has 0 fully saturated rings. The summed E-state index contributed by atoms with van der Waals surface area (Å²) >= 11 is 1.47. The predicted molar refractivity (Wildman–Crippen MR) is 137 cm³/mol. The second-order valence-electron chi connectivity index (χ2n) is 7.99. The molecule has 3 aromatic rings. The molecular weight excluding hydrogens is 446 g/mol. The van der Waals surface area contributed by atoms with Crippen LogP contribution in [0.4, 0.5) is 11.4 Å². The predicted octanol–water partition coefficient (Wildman–Crippen LogP) is 5.88. The quantitative estimate of drug-likeness (QED) is 0.290. The third kappa shape index (κ3) is 6.65. The van der Waals surface area contributed by atoms with E-state index < -0.39 is 5.97 Å². The van der Waals surface area contributed by atoms with Crippen LogP contribution in [-0.2, 0) is 4.79 Å². The van der Waals surface area contributed by atoms with Crippen molar-refractivity contribution in [3.05, 3.63) is 102 Å². The molecule has 0 aromatic heterocycles. The number of rotatable bonds is 9. The number of benzene rings is 3. The lowest BCUT2D eigenvalue weighted by Crippen LogP contribution is -2.24. The molecule has 1 atom stereocenters. The highest BCUT2D eigenvalue weighted by molar-refractivity contribution is 7.99. The summed E-state index contributed by atoms with van der Waals surface area (Å²) in [4.78, 5) is 25.2. The SMILES string of the molecule is O=C(O)CC(Sc1cccc(NC(=O)c2cccc(NC3=CCCCN3)c2)c1)c1ccccc1. The monoisotopic (exact) mass is 473 g/mol. The summed E-state index contributed by atoms with van der Waals surface area (Å²) in [5, 5.41) is 18.7. The number of hydrogen-bond acceptors (Lipinski definition) is 5. The maximum absolute atomic E-state index is 12.9. The fourth-order valence-corrected chi connectivity index (χ4v) is 4.90. The molecule has 1 heterocycles. The highest BCUT2D eigenvalue weighted by Crippen LogP contribution is 2.38. The lowest BCUT2D eigenvalue weighted by Gasteiger charge is -2.18. The summed E-state index contributed by atoms with van der Waals surface area (Å²) in [6.07, 6.45) is 4.28. The first-order valence-electron chi connectivity index (χ1n) is 11.2. The molecule has 0 spiro atoms. The molecule has 3 aromatic carbocycles. The van der Waals surface area contributed by atoms with Crippen molar-refractivity contribution in [3.63, 3.8) is 0 Å². The molecule has 0 saturated carbocycles. The van der Waals surface area contributed by atoms with E-state index in [0.717, 1.165) is 41.4 Å². The molecule has 7 heteroatoms. The van der Waals surface area contributed by atoms with Gasteiger partial charge < -0.3 is 21.1 Å². The topological polar surface area (TPSA) is 90.5 Å². The number of thioether (sulfide) groups is 1. The van der Waals surface area contributed by atoms with Crippen LogP contribution >= 0.6 is 11.8 Å². The number of amides is 1. The summed E-state index contributed by atoms with van der Waals surface area (Å²) in [6.45, 7) is 0.935. The zero-order valence-corrected chi connectivity index (χ0v) is 19.5. The van der Waals surface area contributed by atoms with Crippen LogP contribution in [0.15, 0.2) is 95.7 Å². The average molecular weight is 474 g/mol. The third-order valence-corrected chi connectivity index (χ3v) is 6.60. The van der Waals surface area contributed by atoms with Gasteiger partial charge in [-0.1, -0.05) is 42.5 Å². The van der Waals surface area contributed by atoms with Gasteiger partial charge >= 0.3 is 5.97 Å². The minimum Gasteiger partial charge on any atom is -0.481 e. The third-order valence-electron chi connectivity index (χ3n) is 5.35. The van der Waals surface area contributed by atoms with Crippen molar-refractivity contribution in [2.75, 3.05) is 17.2 Å². The van der Waals surface area contributed by atoms with Crippen LogP contribution in [0.1, 0.15) is 40.4 Å². The van der Waals surface area contributed by atoms with E-state index >= 15 is 0 Å². The van der Waals surface area contributed by atoms with Crippen LogP contribution in [0.25, 0.3) is 0 Å². The van der Waals surface area contributed by atoms with Gasteiger partial charge in [0.15, 0.2) is 0 Å². The molecule has 1 aliphatic heterocycles. The number of carboxylic acid groups (broad SMARTS) is 1. The number of carboxylic acids is 1. The number of anilines is 2. The van der Waals surface area contributed by atoms with Crippen LogP contribution in [0.3, 0.4) is 0 Å². The first-order chi connectivity index (χ1) is 16.6. The Morgan fingerprint density at radius 1 is 0.971 bits per heavy atom. The van der Waals surface area contributed by atoms with Crippen molar-refractivity contribution in [2.45, 2.75) is 29.4 Å². The van der Waals surface area contributed by atoms with Gasteiger partial charge in [-0.05, 0) is 60.9 Å². The highest BCUT2D eigenvalue weighted by Gasteiger charge is 2.17. The van der Waals surface area contributed by atoms with Gasteiger partial charge in [-0.15, -0.1) is 11.8 Å². The van der Waals surface area contributed by atoms with Crippen molar-refractivity contribution < 1.29 is 14.7 Å². The van der Waals surface area contributed by atoms with Crippen molar-refractivity contribution in [2.24, 2.45) is 0 Å². The summed E-state index contributed by atoms with van der Waals surface area (Å²) in [5.74, 6) is -0.0946. The number of allylic oxidation sites excluding steroid dienone is 1. The number of carbonyl (C=O) groups is 2. The zero-order valence-electron chi connectivity index (χ0n) is 18.7. The Morgan fingerprint density at radius 2 is 1.76 bits per heavy atom. The van der Waals surface area contributed by atoms with E-state index in [1.807, 2.05) is 72.8 Å². The Labute approximate surface area is 203 Å². The molecular formula is C27H27N3O3S. The van der Waals surface area contributed by atoms with Crippen molar-refractivity contribution in [1.29, 1.82) is 0 Å². The molecule has 174 valence electrons. The Bertz CT molecular complexity index is 1180. The molecule has 1 unspecified atom stereocenters. The Hall–Kier alpha value is -3.71. The van der Waals surface area contributed by atoms with Gasteiger partial charge in [0.1, 0.15) is 0 Å². The Morgan fingerprint density at radius 3 is 2.53 bits per heavy atom. The molecule has 0 radical (unpaired) electrons. The average Bonchev–Trinajstić information content (AvgIpc) is 2.85. The highest BCUT2D eigenvalue weighted by atomic mass is 32.2. The number of carbonyl (C=O) groups excluding carboxylic acids is 1. The van der Waals surface area contributed by atoms with Gasteiger partial charge in [0, 0.05) is 33.6 Å². The summed E-state index contributed by atoms with van der Waals surface area (Å²) < 4.78 is 0. The summed E-state index contributed by atoms with van der Waals surface area (Å²) in [6, 6.07) is 24.5. The Kier molecular flexibility index (Phi) is 7.88. The van der Waals surface area contributed by atoms with E-state index in [1.54, 1.807) is 6.07 Å². The first kappa shape index (κ1) is 23.4. The van der Waals surface area contributed by atoms with Crippen molar-refractivity contribution in [1.82, 2.24) is 5.32 Å². The maximum Gasteiger partial charge on any atom is 0.304 e. The van der Waals surface area contributed by atoms with Crippen LogP contribution in [0.2, 0.25) is 0 Å². The normalized spacial score (nSPS) is 13.8. The second-order valence-corrected chi connectivity index (χ2v) is 9.27. The van der Waals surface area contributed by atoms with Crippen LogP contribution in [-0.4, -0.2) is 23.5 Å². The van der Waals surface area contributed by atoms with Crippen LogP contribution in [0, 0.1) is 0 Å². The van der Waals surface area contributed by atoms with Crippen molar-refractivity contribution >= 4 is 35.0 Å². The molecule has 6 nitrogen and oxygen atoms in total. The standard InChI is InChI=1S/C27H27N3O3S/c31-26(32)18-24(19-8-2-1-3-9-19)34-23-13-7-12-22(17-23)30-27(33)20-10-6-11-21(16-20)29-25-14-4-5-15-28-25/h1-3,6-14,16-17,24,28-29H,4-5,15,18H2,(H,30,33)(H,31,32). The minimum atomic E-state index is -0.849. The molecule has 0 aliphatic carbocycles. The molecule has 34 heavy (non-hydrogen) atoms. The number of nitrogens with one attached hydrogen (secondary N) is 3. The lowest BCUT2D eigenvalue weighted by atomic mass is 10.1. The maximum atomic E-state index is 12.9. The molecule has 0 saturated heterocycles. The fraction of sp³-hybridized carbons (Fsp3) is 0.185. The smallest absolute Gasteiger partial charge is 0.304 e. The molecule has 0 bridgehead atoms. The minimum absolute atomic E-state index is 0.0103. The zero-order chi connectivity index (χ0) is 23.8. The van der Waals surface area contributed by atoms with Crippen LogP contribution in [0.5, 0.6) is 0 Å². The van der Waals surface area contributed by atoms with E-state index in [9.17, 15) is 14.7 Å². The number of aliphatic carboxylic acids is 1. The fourth-order valence-electron chi connectivity index (χ4n) is 3.70. The van der Waals surface area contributed by atoms with Gasteiger partial charge in [-0.2, -0.15) is 0 Å². The first-order valence-corrected chi connectivity index (χ1v) is 12.1. The van der Waals surface area contributed by atoms with Gasteiger partial charge in [-0.25, -0.2) is 0 Å². The van der Waals surface area contributed by atoms with Crippen LogP contribution < -0.4 is 16.0 Å². The van der Waals surface area contributed by atoms with E-state index in [1.165, 1.54) is 11.8 Å². The van der Waals surface area contributed by atoms with Gasteiger partial charge in [0.25, 0.3) is 5.91 Å². The summed E-state index contributed by atoms with van der Waals surface area (Å²) in [7, 11) is 0. The lowest BCUT2D eigenvalue weighted by molar-refractivity contribution is -0.137. The van der Waals surface area contributed by atoms with E-state index in [4.69, 9.17) is 0 Å². The summed E-state index contributed by atoms with van der Waals surface area (Å²) in [5.41, 5.74) is 3.01. The largest absolute Gasteiger partial charge is 0.481 e. The van der Waals surface area contributed by atoms with E-state index in [2.05, 4.69) is 22.0 Å². The molecule has 4 rings (SSSR count). The molecule has 4 N–H and O–H groups in total. The second kappa shape index (κ2) is 11.4. The Balaban J connectivity index is 1.44. The molecule has 1 amide bonds. The van der Waals surface area contributed by atoms with Gasteiger partial charge in [0.05, 0.1) is 12.2 Å². The van der Waals surface area contributed by atoms with Gasteiger partial charge in [-0.3, -0.25) is 9.59 Å². The van der Waals surface area contributed by atoms with Gasteiger partial charge in [0.2, 0.25) is 0 Å². The van der Waals surface area contributed by atoms with E-state index in [0.29, 0.717) is 11.3 Å². The number of hydrogen-bond donors (Lipinski definition) is 4. The van der Waals surface area contributed by atoms with E-state index in [-0.39, 0.29) is 17.6 Å². The molecule has 1 aliphatic rings.